The summed E-state index contributed by atoms with van der Waals surface area (Å²) in [5.74, 6) is 0.835. The number of fused-ring (bicyclic) bond motifs is 4. The Labute approximate surface area is 308 Å². The molecular formula is C50H35N3. The fourth-order valence-electron chi connectivity index (χ4n) is 7.97. The van der Waals surface area contributed by atoms with Crippen LogP contribution in [0.2, 0.25) is 0 Å². The molecule has 0 saturated carbocycles. The van der Waals surface area contributed by atoms with Crippen LogP contribution in [0.15, 0.2) is 194 Å². The maximum absolute atomic E-state index is 5.36. The van der Waals surface area contributed by atoms with Crippen molar-refractivity contribution in [2.24, 2.45) is 0 Å². The smallest absolute Gasteiger partial charge is 0.160 e. The van der Waals surface area contributed by atoms with Crippen molar-refractivity contribution >= 4 is 43.9 Å². The van der Waals surface area contributed by atoms with Crippen LogP contribution < -0.4 is 0 Å². The molecule has 53 heavy (non-hydrogen) atoms. The molecule has 0 aliphatic heterocycles. The SMILES string of the molecule is C1=C(c2ccccc2)C=C(c2ccccc2)CC1c1nc(-c2ccc(-c3ccc(-n4c5ccccc5c5ccccc54)cc3)cc2)nc2ccccc12. The molecule has 9 aromatic rings. The summed E-state index contributed by atoms with van der Waals surface area (Å²) in [5, 5.41) is 3.64. The first kappa shape index (κ1) is 30.9. The Kier molecular flexibility index (Phi) is 7.62. The second-order valence-corrected chi connectivity index (χ2v) is 13.8. The van der Waals surface area contributed by atoms with Crippen molar-refractivity contribution in [2.45, 2.75) is 12.3 Å². The van der Waals surface area contributed by atoms with E-state index in [0.717, 1.165) is 45.7 Å². The van der Waals surface area contributed by atoms with Gasteiger partial charge in [0.1, 0.15) is 0 Å². The first-order valence-electron chi connectivity index (χ1n) is 18.3. The van der Waals surface area contributed by atoms with E-state index < -0.39 is 0 Å². The molecular weight excluding hydrogens is 643 g/mol. The lowest BCUT2D eigenvalue weighted by Gasteiger charge is -2.24. The van der Waals surface area contributed by atoms with Crippen LogP contribution in [0.4, 0.5) is 0 Å². The summed E-state index contributed by atoms with van der Waals surface area (Å²) >= 11 is 0. The van der Waals surface area contributed by atoms with Crippen LogP contribution in [0.1, 0.15) is 29.2 Å². The average Bonchev–Trinajstić information content (AvgIpc) is 3.58. The van der Waals surface area contributed by atoms with Crippen molar-refractivity contribution in [2.75, 3.05) is 0 Å². The molecule has 0 fully saturated rings. The molecule has 2 aromatic heterocycles. The Morgan fingerprint density at radius 1 is 0.434 bits per heavy atom. The minimum atomic E-state index is 0.0874. The number of allylic oxidation sites excluding steroid dienone is 4. The van der Waals surface area contributed by atoms with Crippen molar-refractivity contribution in [3.63, 3.8) is 0 Å². The third-order valence-electron chi connectivity index (χ3n) is 10.6. The quantitative estimate of drug-likeness (QED) is 0.175. The van der Waals surface area contributed by atoms with Crippen LogP contribution in [0.3, 0.4) is 0 Å². The third-order valence-corrected chi connectivity index (χ3v) is 10.6. The molecule has 1 aliphatic rings. The Morgan fingerprint density at radius 3 is 1.62 bits per heavy atom. The Hall–Kier alpha value is -6.84. The molecule has 1 atom stereocenters. The van der Waals surface area contributed by atoms with E-state index in [0.29, 0.717) is 0 Å². The Balaban J connectivity index is 1.00. The van der Waals surface area contributed by atoms with E-state index in [1.807, 2.05) is 0 Å². The molecule has 0 bridgehead atoms. The molecule has 0 radical (unpaired) electrons. The standard InChI is InChI=1S/C50H35N3/c1-3-13-34(14-4-1)39-31-40(35-15-5-2-6-16-35)33-41(32-39)49-45-19-7-10-20-46(45)51-50(52-49)38-25-23-36(24-26-38)37-27-29-42(30-28-37)53-47-21-11-8-17-43(47)44-18-9-12-22-48(44)53/h1-32,41H,33H2. The molecule has 2 heterocycles. The van der Waals surface area contributed by atoms with Gasteiger partial charge >= 0.3 is 0 Å². The van der Waals surface area contributed by atoms with E-state index in [2.05, 4.69) is 199 Å². The second-order valence-electron chi connectivity index (χ2n) is 13.8. The van der Waals surface area contributed by atoms with Gasteiger partial charge < -0.3 is 4.57 Å². The number of aromatic nitrogens is 3. The summed E-state index contributed by atoms with van der Waals surface area (Å²) in [6.45, 7) is 0. The van der Waals surface area contributed by atoms with Gasteiger partial charge in [0.25, 0.3) is 0 Å². The molecule has 1 aliphatic carbocycles. The fourth-order valence-corrected chi connectivity index (χ4v) is 7.97. The van der Waals surface area contributed by atoms with Crippen LogP contribution in [0.5, 0.6) is 0 Å². The topological polar surface area (TPSA) is 30.7 Å². The average molecular weight is 678 g/mol. The molecule has 10 rings (SSSR count). The lowest BCUT2D eigenvalue weighted by Crippen LogP contribution is -2.08. The summed E-state index contributed by atoms with van der Waals surface area (Å²) in [7, 11) is 0. The summed E-state index contributed by atoms with van der Waals surface area (Å²) < 4.78 is 2.36. The molecule has 3 heteroatoms. The number of para-hydroxylation sites is 3. The van der Waals surface area contributed by atoms with Gasteiger partial charge in [-0.1, -0.05) is 164 Å². The highest BCUT2D eigenvalue weighted by atomic mass is 15.0. The Bertz CT molecular complexity index is 2770. The largest absolute Gasteiger partial charge is 0.309 e. The molecule has 7 aromatic carbocycles. The predicted molar refractivity (Wildman–Crippen MR) is 221 cm³/mol. The minimum Gasteiger partial charge on any atom is -0.309 e. The van der Waals surface area contributed by atoms with Crippen LogP contribution in [-0.2, 0) is 0 Å². The van der Waals surface area contributed by atoms with Crippen molar-refractivity contribution in [1.82, 2.24) is 14.5 Å². The summed E-state index contributed by atoms with van der Waals surface area (Å²) in [6, 6.07) is 64.7. The zero-order valence-electron chi connectivity index (χ0n) is 29.1. The van der Waals surface area contributed by atoms with Gasteiger partial charge in [-0.15, -0.1) is 0 Å². The van der Waals surface area contributed by atoms with Crippen LogP contribution in [0.25, 0.3) is 72.1 Å². The summed E-state index contributed by atoms with van der Waals surface area (Å²) in [6.07, 6.45) is 5.61. The summed E-state index contributed by atoms with van der Waals surface area (Å²) in [5.41, 5.74) is 13.9. The number of nitrogens with zero attached hydrogens (tertiary/aromatic N) is 3. The van der Waals surface area contributed by atoms with E-state index in [4.69, 9.17) is 9.97 Å². The maximum atomic E-state index is 5.36. The van der Waals surface area contributed by atoms with E-state index in [-0.39, 0.29) is 5.92 Å². The highest BCUT2D eigenvalue weighted by molar-refractivity contribution is 6.09. The lowest BCUT2D eigenvalue weighted by molar-refractivity contribution is 0.837. The molecule has 0 saturated heterocycles. The van der Waals surface area contributed by atoms with Crippen molar-refractivity contribution in [3.05, 3.63) is 211 Å². The van der Waals surface area contributed by atoms with Gasteiger partial charge in [-0.05, 0) is 70.2 Å². The molecule has 0 amide bonds. The van der Waals surface area contributed by atoms with Crippen molar-refractivity contribution in [3.8, 4) is 28.2 Å². The van der Waals surface area contributed by atoms with E-state index in [1.54, 1.807) is 0 Å². The van der Waals surface area contributed by atoms with Gasteiger partial charge in [-0.3, -0.25) is 0 Å². The number of rotatable bonds is 6. The van der Waals surface area contributed by atoms with Crippen LogP contribution in [-0.4, -0.2) is 14.5 Å². The third kappa shape index (κ3) is 5.64. The lowest BCUT2D eigenvalue weighted by atomic mass is 9.82. The number of hydrogen-bond acceptors (Lipinski definition) is 2. The maximum Gasteiger partial charge on any atom is 0.160 e. The van der Waals surface area contributed by atoms with Crippen LogP contribution >= 0.6 is 0 Å². The van der Waals surface area contributed by atoms with Gasteiger partial charge in [0, 0.05) is 33.3 Å². The van der Waals surface area contributed by atoms with Crippen molar-refractivity contribution < 1.29 is 0 Å². The van der Waals surface area contributed by atoms with E-state index in [1.165, 1.54) is 49.6 Å². The van der Waals surface area contributed by atoms with Gasteiger partial charge in [0.2, 0.25) is 0 Å². The first-order valence-corrected chi connectivity index (χ1v) is 18.3. The van der Waals surface area contributed by atoms with E-state index >= 15 is 0 Å². The highest BCUT2D eigenvalue weighted by Crippen LogP contribution is 2.41. The normalized spacial score (nSPS) is 14.4. The molecule has 250 valence electrons. The zero-order chi connectivity index (χ0) is 35.1. The van der Waals surface area contributed by atoms with E-state index in [9.17, 15) is 0 Å². The van der Waals surface area contributed by atoms with Crippen molar-refractivity contribution in [1.29, 1.82) is 0 Å². The first-order chi connectivity index (χ1) is 26.3. The monoisotopic (exact) mass is 677 g/mol. The highest BCUT2D eigenvalue weighted by Gasteiger charge is 2.23. The van der Waals surface area contributed by atoms with Crippen LogP contribution in [0, 0.1) is 0 Å². The van der Waals surface area contributed by atoms with Gasteiger partial charge in [0.05, 0.1) is 22.2 Å². The fraction of sp³-hybridized carbons (Fsp3) is 0.0400. The molecule has 1 unspecified atom stereocenters. The number of benzene rings is 7. The van der Waals surface area contributed by atoms with Gasteiger partial charge in [-0.25, -0.2) is 9.97 Å². The van der Waals surface area contributed by atoms with Gasteiger partial charge in [-0.2, -0.15) is 0 Å². The Morgan fingerprint density at radius 2 is 0.962 bits per heavy atom. The van der Waals surface area contributed by atoms with Gasteiger partial charge in [0.15, 0.2) is 5.82 Å². The zero-order valence-corrected chi connectivity index (χ0v) is 29.1. The second kappa shape index (κ2) is 13.0. The number of hydrogen-bond donors (Lipinski definition) is 0. The summed E-state index contributed by atoms with van der Waals surface area (Å²) in [4.78, 5) is 10.5. The molecule has 0 N–H and O–H groups in total. The molecule has 0 spiro atoms. The molecule has 3 nitrogen and oxygen atoms in total. The minimum absolute atomic E-state index is 0.0874. The predicted octanol–water partition coefficient (Wildman–Crippen LogP) is 12.7.